The lowest BCUT2D eigenvalue weighted by Crippen LogP contribution is -2.08. The maximum Gasteiger partial charge on any atom is 0.323 e. The fraction of sp³-hybridized carbons (Fsp3) is 0.250. The van der Waals surface area contributed by atoms with Gasteiger partial charge in [0.15, 0.2) is 0 Å². The predicted molar refractivity (Wildman–Crippen MR) is 152 cm³/mol. The summed E-state index contributed by atoms with van der Waals surface area (Å²) in [5.74, 6) is -0.771. The standard InChI is InChI=1S/C32H32FNO6/c33-26-19-24(32-29(20-26)25(7-6-10-30(35)36)21-34(32)22-31(37)38)14-11-23-12-15-28(16-13-23)40-18-5-4-17-39-27-8-2-1-3-9-27/h1-3,8-9,11-16,19-21H,4-7,10,17-18,22H2,(H,35,36)(H,37,38). The molecule has 0 aliphatic rings. The first-order valence-electron chi connectivity index (χ1n) is 13.2. The number of para-hydroxylation sites is 1. The molecule has 2 N–H and O–H groups in total. The van der Waals surface area contributed by atoms with E-state index in [-0.39, 0.29) is 13.0 Å². The molecule has 208 valence electrons. The Morgan fingerprint density at radius 3 is 2.15 bits per heavy atom. The molecule has 0 unspecified atom stereocenters. The molecular weight excluding hydrogens is 513 g/mol. The van der Waals surface area contributed by atoms with Gasteiger partial charge in [-0.15, -0.1) is 0 Å². The van der Waals surface area contributed by atoms with Gasteiger partial charge in [0, 0.05) is 23.6 Å². The lowest BCUT2D eigenvalue weighted by Gasteiger charge is -2.08. The second kappa shape index (κ2) is 14.0. The van der Waals surface area contributed by atoms with Gasteiger partial charge in [0.25, 0.3) is 0 Å². The van der Waals surface area contributed by atoms with Gasteiger partial charge in [-0.25, -0.2) is 4.39 Å². The molecule has 3 aromatic carbocycles. The quantitative estimate of drug-likeness (QED) is 0.128. The molecule has 4 aromatic rings. The van der Waals surface area contributed by atoms with E-state index in [2.05, 4.69) is 0 Å². The van der Waals surface area contributed by atoms with Crippen molar-refractivity contribution in [1.82, 2.24) is 4.57 Å². The summed E-state index contributed by atoms with van der Waals surface area (Å²) in [6.07, 6.45) is 7.77. The molecule has 40 heavy (non-hydrogen) atoms. The van der Waals surface area contributed by atoms with E-state index in [1.54, 1.807) is 16.8 Å². The molecule has 4 rings (SSSR count). The number of aliphatic carboxylic acids is 2. The zero-order valence-corrected chi connectivity index (χ0v) is 22.1. The number of aromatic nitrogens is 1. The highest BCUT2D eigenvalue weighted by atomic mass is 19.1. The minimum absolute atomic E-state index is 0.0178. The number of aryl methyl sites for hydroxylation is 1. The Morgan fingerprint density at radius 2 is 1.50 bits per heavy atom. The Morgan fingerprint density at radius 1 is 0.825 bits per heavy atom. The first kappa shape index (κ1) is 28.4. The number of hydrogen-bond acceptors (Lipinski definition) is 4. The minimum atomic E-state index is -1.02. The molecule has 0 saturated carbocycles. The summed E-state index contributed by atoms with van der Waals surface area (Å²) in [4.78, 5) is 22.4. The van der Waals surface area contributed by atoms with Gasteiger partial charge in [0.2, 0.25) is 0 Å². The first-order chi connectivity index (χ1) is 19.4. The molecule has 0 aliphatic heterocycles. The van der Waals surface area contributed by atoms with Crippen molar-refractivity contribution in [3.05, 3.63) is 95.4 Å². The summed E-state index contributed by atoms with van der Waals surface area (Å²) >= 11 is 0. The van der Waals surface area contributed by atoms with E-state index in [1.165, 1.54) is 12.1 Å². The van der Waals surface area contributed by atoms with Crippen LogP contribution in [0.4, 0.5) is 4.39 Å². The van der Waals surface area contributed by atoms with Gasteiger partial charge in [-0.3, -0.25) is 9.59 Å². The summed E-state index contributed by atoms with van der Waals surface area (Å²) in [7, 11) is 0. The van der Waals surface area contributed by atoms with Gasteiger partial charge >= 0.3 is 11.9 Å². The Labute approximate surface area is 232 Å². The number of unbranched alkanes of at least 4 members (excludes halogenated alkanes) is 1. The number of fused-ring (bicyclic) bond motifs is 1. The normalized spacial score (nSPS) is 11.2. The van der Waals surface area contributed by atoms with Crippen LogP contribution in [0, 0.1) is 5.82 Å². The van der Waals surface area contributed by atoms with E-state index in [1.807, 2.05) is 60.7 Å². The van der Waals surface area contributed by atoms with Crippen molar-refractivity contribution < 1.29 is 33.7 Å². The number of carbonyl (C=O) groups is 2. The maximum absolute atomic E-state index is 14.6. The number of ether oxygens (including phenoxy) is 2. The highest BCUT2D eigenvalue weighted by Gasteiger charge is 2.15. The fourth-order valence-electron chi connectivity index (χ4n) is 4.50. The predicted octanol–water partition coefficient (Wildman–Crippen LogP) is 6.68. The SMILES string of the molecule is O=C(O)CCCc1cn(CC(=O)O)c2c(C=Cc3ccc(OCCCCOc4ccccc4)cc3)cc(F)cc12. The van der Waals surface area contributed by atoms with Crippen LogP contribution in [0.1, 0.15) is 42.4 Å². The van der Waals surface area contributed by atoms with Crippen LogP contribution in [0.2, 0.25) is 0 Å². The third kappa shape index (κ3) is 8.20. The molecule has 0 saturated heterocycles. The van der Waals surface area contributed by atoms with E-state index < -0.39 is 17.8 Å². The maximum atomic E-state index is 14.6. The second-order valence-electron chi connectivity index (χ2n) is 9.43. The fourth-order valence-corrected chi connectivity index (χ4v) is 4.50. The zero-order chi connectivity index (χ0) is 28.3. The Hall–Kier alpha value is -4.59. The Kier molecular flexibility index (Phi) is 9.93. The largest absolute Gasteiger partial charge is 0.494 e. The van der Waals surface area contributed by atoms with Crippen LogP contribution < -0.4 is 9.47 Å². The van der Waals surface area contributed by atoms with Crippen LogP contribution in [-0.4, -0.2) is 39.9 Å². The summed E-state index contributed by atoms with van der Waals surface area (Å²) in [5.41, 5.74) is 2.74. The van der Waals surface area contributed by atoms with Crippen LogP contribution in [-0.2, 0) is 22.6 Å². The van der Waals surface area contributed by atoms with E-state index >= 15 is 0 Å². The number of nitrogens with zero attached hydrogens (tertiary/aromatic N) is 1. The van der Waals surface area contributed by atoms with Crippen molar-refractivity contribution in [3.8, 4) is 11.5 Å². The molecule has 8 heteroatoms. The summed E-state index contributed by atoms with van der Waals surface area (Å²) in [6, 6.07) is 20.0. The topological polar surface area (TPSA) is 98.0 Å². The number of halogens is 1. The average Bonchev–Trinajstić information content (AvgIpc) is 3.26. The zero-order valence-electron chi connectivity index (χ0n) is 22.1. The van der Waals surface area contributed by atoms with Crippen LogP contribution in [0.25, 0.3) is 23.1 Å². The summed E-state index contributed by atoms with van der Waals surface area (Å²) in [6.45, 7) is 0.917. The number of benzene rings is 3. The van der Waals surface area contributed by atoms with Gasteiger partial charge in [-0.05, 0) is 73.2 Å². The first-order valence-corrected chi connectivity index (χ1v) is 13.2. The van der Waals surface area contributed by atoms with Crippen molar-refractivity contribution in [1.29, 1.82) is 0 Å². The van der Waals surface area contributed by atoms with E-state index in [0.29, 0.717) is 42.5 Å². The van der Waals surface area contributed by atoms with Crippen LogP contribution in [0.5, 0.6) is 11.5 Å². The van der Waals surface area contributed by atoms with Gasteiger partial charge in [0.1, 0.15) is 23.9 Å². The third-order valence-electron chi connectivity index (χ3n) is 6.35. The molecular formula is C32H32FNO6. The smallest absolute Gasteiger partial charge is 0.323 e. The molecule has 0 bridgehead atoms. The summed E-state index contributed by atoms with van der Waals surface area (Å²) in [5, 5.41) is 19.0. The number of hydrogen-bond donors (Lipinski definition) is 2. The molecule has 0 fully saturated rings. The van der Waals surface area contributed by atoms with Crippen LogP contribution in [0.15, 0.2) is 72.9 Å². The third-order valence-corrected chi connectivity index (χ3v) is 6.35. The number of carboxylic acid groups (broad SMARTS) is 2. The highest BCUT2D eigenvalue weighted by Crippen LogP contribution is 2.29. The second-order valence-corrected chi connectivity index (χ2v) is 9.43. The minimum Gasteiger partial charge on any atom is -0.494 e. The Bertz CT molecular complexity index is 1460. The van der Waals surface area contributed by atoms with Gasteiger partial charge < -0.3 is 24.3 Å². The van der Waals surface area contributed by atoms with Crippen molar-refractivity contribution in [2.75, 3.05) is 13.2 Å². The average molecular weight is 546 g/mol. The molecule has 1 aromatic heterocycles. The molecule has 0 spiro atoms. The van der Waals surface area contributed by atoms with Crippen LogP contribution >= 0.6 is 0 Å². The van der Waals surface area contributed by atoms with Crippen molar-refractivity contribution >= 4 is 35.0 Å². The van der Waals surface area contributed by atoms with Crippen molar-refractivity contribution in [2.45, 2.75) is 38.6 Å². The molecule has 0 atom stereocenters. The Balaban J connectivity index is 1.39. The van der Waals surface area contributed by atoms with Crippen molar-refractivity contribution in [2.24, 2.45) is 0 Å². The van der Waals surface area contributed by atoms with Gasteiger partial charge in [-0.2, -0.15) is 0 Å². The molecule has 1 heterocycles. The van der Waals surface area contributed by atoms with E-state index in [4.69, 9.17) is 14.6 Å². The highest BCUT2D eigenvalue weighted by molar-refractivity contribution is 5.94. The molecule has 0 amide bonds. The van der Waals surface area contributed by atoms with Crippen molar-refractivity contribution in [3.63, 3.8) is 0 Å². The van der Waals surface area contributed by atoms with Gasteiger partial charge in [-0.1, -0.05) is 42.5 Å². The number of rotatable bonds is 15. The van der Waals surface area contributed by atoms with Crippen LogP contribution in [0.3, 0.4) is 0 Å². The lowest BCUT2D eigenvalue weighted by molar-refractivity contribution is -0.138. The molecule has 7 nitrogen and oxygen atoms in total. The van der Waals surface area contributed by atoms with Gasteiger partial charge in [0.05, 0.1) is 18.7 Å². The number of carboxylic acids is 2. The monoisotopic (exact) mass is 545 g/mol. The molecule has 0 aliphatic carbocycles. The summed E-state index contributed by atoms with van der Waals surface area (Å²) < 4.78 is 27.7. The van der Waals surface area contributed by atoms with E-state index in [0.717, 1.165) is 35.5 Å². The lowest BCUT2D eigenvalue weighted by atomic mass is 10.0. The molecule has 0 radical (unpaired) electrons. The van der Waals surface area contributed by atoms with E-state index in [9.17, 15) is 19.1 Å².